The van der Waals surface area contributed by atoms with Crippen LogP contribution in [0.4, 0.5) is 0 Å². The summed E-state index contributed by atoms with van der Waals surface area (Å²) < 4.78 is 10.5. The predicted molar refractivity (Wildman–Crippen MR) is 95.3 cm³/mol. The summed E-state index contributed by atoms with van der Waals surface area (Å²) in [4.78, 5) is 18.6. The first-order valence-electron chi connectivity index (χ1n) is 7.88. The highest BCUT2D eigenvalue weighted by atomic mass is 16.5. The van der Waals surface area contributed by atoms with Crippen molar-refractivity contribution in [2.24, 2.45) is 0 Å². The zero-order chi connectivity index (χ0) is 19.0. The number of carboxylic acid groups (broad SMARTS) is 1. The molecule has 0 radical (unpaired) electrons. The third kappa shape index (κ3) is 2.77. The summed E-state index contributed by atoms with van der Waals surface area (Å²) in [5, 5.41) is 23.3. The topological polar surface area (TPSA) is 125 Å². The Morgan fingerprint density at radius 2 is 2.15 bits per heavy atom. The van der Waals surface area contributed by atoms with Crippen molar-refractivity contribution in [2.75, 3.05) is 7.11 Å². The highest BCUT2D eigenvalue weighted by Crippen LogP contribution is 2.32. The standard InChI is InChI=1S/C19H12N4O4/c1-26-12-5-6-13-14(9-20)16(21-15(13)8-12)18-22-17(23-27-18)10-3-2-4-11(7-10)19(24)25/h2-8,21H,1H3,(H,24,25). The second kappa shape index (κ2) is 6.31. The third-order valence-electron chi connectivity index (χ3n) is 4.13. The molecule has 0 saturated heterocycles. The third-order valence-corrected chi connectivity index (χ3v) is 4.13. The number of nitrogens with one attached hydrogen (secondary N) is 1. The molecule has 0 atom stereocenters. The van der Waals surface area contributed by atoms with Crippen LogP contribution in [-0.2, 0) is 0 Å². The molecule has 132 valence electrons. The number of carbonyl (C=O) groups is 1. The maximum absolute atomic E-state index is 11.1. The molecular formula is C19H12N4O4. The number of rotatable bonds is 4. The van der Waals surface area contributed by atoms with Crippen LogP contribution in [0, 0.1) is 11.3 Å². The van der Waals surface area contributed by atoms with Crippen LogP contribution in [0.5, 0.6) is 5.75 Å². The second-order valence-corrected chi connectivity index (χ2v) is 5.71. The molecule has 4 aromatic rings. The molecule has 0 amide bonds. The Labute approximate surface area is 152 Å². The second-order valence-electron chi connectivity index (χ2n) is 5.71. The summed E-state index contributed by atoms with van der Waals surface area (Å²) in [7, 11) is 1.56. The van der Waals surface area contributed by atoms with Gasteiger partial charge >= 0.3 is 5.97 Å². The number of methoxy groups -OCH3 is 1. The van der Waals surface area contributed by atoms with Gasteiger partial charge in [-0.25, -0.2) is 4.79 Å². The molecular weight excluding hydrogens is 348 g/mol. The molecule has 0 saturated carbocycles. The minimum atomic E-state index is -1.04. The molecule has 2 aromatic heterocycles. The SMILES string of the molecule is COc1ccc2c(C#N)c(-c3nc(-c4cccc(C(=O)O)c4)no3)[nH]c2c1. The van der Waals surface area contributed by atoms with E-state index in [9.17, 15) is 10.1 Å². The smallest absolute Gasteiger partial charge is 0.335 e. The van der Waals surface area contributed by atoms with Crippen molar-refractivity contribution in [3.63, 3.8) is 0 Å². The first-order valence-corrected chi connectivity index (χ1v) is 7.88. The zero-order valence-electron chi connectivity index (χ0n) is 14.1. The van der Waals surface area contributed by atoms with Crippen LogP contribution in [0.15, 0.2) is 47.0 Å². The van der Waals surface area contributed by atoms with Gasteiger partial charge in [0.15, 0.2) is 0 Å². The van der Waals surface area contributed by atoms with Crippen LogP contribution in [0.1, 0.15) is 15.9 Å². The van der Waals surface area contributed by atoms with E-state index in [0.29, 0.717) is 33.5 Å². The lowest BCUT2D eigenvalue weighted by atomic mass is 10.1. The summed E-state index contributed by atoms with van der Waals surface area (Å²) >= 11 is 0. The van der Waals surface area contributed by atoms with Gasteiger partial charge in [-0.15, -0.1) is 0 Å². The molecule has 0 aliphatic carbocycles. The minimum absolute atomic E-state index is 0.120. The Kier molecular flexibility index (Phi) is 3.82. The fourth-order valence-corrected chi connectivity index (χ4v) is 2.81. The fraction of sp³-hybridized carbons (Fsp3) is 0.0526. The van der Waals surface area contributed by atoms with E-state index in [-0.39, 0.29) is 17.3 Å². The molecule has 0 bridgehead atoms. The van der Waals surface area contributed by atoms with Gasteiger partial charge in [0.2, 0.25) is 5.82 Å². The lowest BCUT2D eigenvalue weighted by Crippen LogP contribution is -1.96. The number of nitriles is 1. The molecule has 0 aliphatic rings. The van der Waals surface area contributed by atoms with Gasteiger partial charge in [-0.3, -0.25) is 0 Å². The summed E-state index contributed by atoms with van der Waals surface area (Å²) in [5.74, 6) is -0.0286. The van der Waals surface area contributed by atoms with Gasteiger partial charge in [0.25, 0.3) is 5.89 Å². The number of benzene rings is 2. The zero-order valence-corrected chi connectivity index (χ0v) is 14.1. The number of hydrogen-bond acceptors (Lipinski definition) is 6. The van der Waals surface area contributed by atoms with Crippen LogP contribution in [-0.4, -0.2) is 33.3 Å². The van der Waals surface area contributed by atoms with Gasteiger partial charge in [-0.1, -0.05) is 17.3 Å². The van der Waals surface area contributed by atoms with Gasteiger partial charge < -0.3 is 19.4 Å². The number of nitrogens with zero attached hydrogens (tertiary/aromatic N) is 3. The summed E-state index contributed by atoms with van der Waals surface area (Å²) in [6.07, 6.45) is 0. The molecule has 27 heavy (non-hydrogen) atoms. The van der Waals surface area contributed by atoms with Crippen molar-refractivity contribution in [2.45, 2.75) is 0 Å². The number of fused-ring (bicyclic) bond motifs is 1. The van der Waals surface area contributed by atoms with Crippen molar-refractivity contribution in [1.29, 1.82) is 5.26 Å². The van der Waals surface area contributed by atoms with Gasteiger partial charge in [-0.2, -0.15) is 10.2 Å². The molecule has 0 aliphatic heterocycles. The molecule has 8 heteroatoms. The Hall–Kier alpha value is -4.12. The largest absolute Gasteiger partial charge is 0.497 e. The Morgan fingerprint density at radius 1 is 1.30 bits per heavy atom. The number of hydrogen-bond donors (Lipinski definition) is 2. The van der Waals surface area contributed by atoms with E-state index >= 15 is 0 Å². The Bertz CT molecular complexity index is 1220. The lowest BCUT2D eigenvalue weighted by molar-refractivity contribution is 0.0697. The van der Waals surface area contributed by atoms with Gasteiger partial charge in [0.1, 0.15) is 17.5 Å². The molecule has 2 aromatic carbocycles. The Morgan fingerprint density at radius 3 is 2.89 bits per heavy atom. The van der Waals surface area contributed by atoms with Gasteiger partial charge in [0.05, 0.1) is 23.8 Å². The van der Waals surface area contributed by atoms with Crippen molar-refractivity contribution < 1.29 is 19.2 Å². The maximum atomic E-state index is 11.1. The van der Waals surface area contributed by atoms with E-state index in [1.807, 2.05) is 0 Å². The minimum Gasteiger partial charge on any atom is -0.497 e. The van der Waals surface area contributed by atoms with Crippen molar-refractivity contribution in [3.05, 3.63) is 53.6 Å². The first kappa shape index (κ1) is 16.4. The maximum Gasteiger partial charge on any atom is 0.335 e. The van der Waals surface area contributed by atoms with Crippen molar-refractivity contribution in [1.82, 2.24) is 15.1 Å². The van der Waals surface area contributed by atoms with Crippen LogP contribution in [0.25, 0.3) is 33.9 Å². The highest BCUT2D eigenvalue weighted by molar-refractivity contribution is 5.93. The molecule has 4 rings (SSSR count). The molecule has 2 heterocycles. The number of carboxylic acids is 1. The van der Waals surface area contributed by atoms with E-state index in [0.717, 1.165) is 0 Å². The summed E-state index contributed by atoms with van der Waals surface area (Å²) in [5.41, 5.74) is 2.10. The summed E-state index contributed by atoms with van der Waals surface area (Å²) in [6.45, 7) is 0. The fourth-order valence-electron chi connectivity index (χ4n) is 2.81. The predicted octanol–water partition coefficient (Wildman–Crippen LogP) is 3.46. The quantitative estimate of drug-likeness (QED) is 0.571. The summed E-state index contributed by atoms with van der Waals surface area (Å²) in [6, 6.07) is 13.7. The van der Waals surface area contributed by atoms with Crippen molar-refractivity contribution in [3.8, 4) is 34.8 Å². The van der Waals surface area contributed by atoms with Crippen LogP contribution < -0.4 is 4.74 Å². The normalized spacial score (nSPS) is 10.7. The van der Waals surface area contributed by atoms with E-state index < -0.39 is 5.97 Å². The van der Waals surface area contributed by atoms with E-state index in [1.165, 1.54) is 12.1 Å². The number of aromatic carboxylic acids is 1. The lowest BCUT2D eigenvalue weighted by Gasteiger charge is -1.97. The van der Waals surface area contributed by atoms with E-state index in [1.54, 1.807) is 37.4 Å². The monoisotopic (exact) mass is 360 g/mol. The average molecular weight is 360 g/mol. The molecule has 0 unspecified atom stereocenters. The van der Waals surface area contributed by atoms with E-state index in [2.05, 4.69) is 21.2 Å². The molecule has 2 N–H and O–H groups in total. The highest BCUT2D eigenvalue weighted by Gasteiger charge is 2.20. The van der Waals surface area contributed by atoms with Crippen molar-refractivity contribution >= 4 is 16.9 Å². The Balaban J connectivity index is 1.81. The number of aromatic nitrogens is 3. The van der Waals surface area contributed by atoms with Crippen LogP contribution >= 0.6 is 0 Å². The molecule has 0 spiro atoms. The van der Waals surface area contributed by atoms with E-state index in [4.69, 9.17) is 14.4 Å². The first-order chi connectivity index (χ1) is 13.1. The molecule has 8 nitrogen and oxygen atoms in total. The number of H-pyrrole nitrogens is 1. The van der Waals surface area contributed by atoms with Gasteiger partial charge in [0, 0.05) is 17.0 Å². The molecule has 0 fully saturated rings. The van der Waals surface area contributed by atoms with Crippen LogP contribution in [0.3, 0.4) is 0 Å². The van der Waals surface area contributed by atoms with Gasteiger partial charge in [-0.05, 0) is 24.3 Å². The average Bonchev–Trinajstić information content (AvgIpc) is 3.31. The number of ether oxygens (including phenoxy) is 1. The van der Waals surface area contributed by atoms with Crippen LogP contribution in [0.2, 0.25) is 0 Å². The number of aromatic amines is 1.